The molecule has 0 spiro atoms. The van der Waals surface area contributed by atoms with Crippen LogP contribution in [-0.4, -0.2) is 34.0 Å². The van der Waals surface area contributed by atoms with Gasteiger partial charge in [-0.25, -0.2) is 13.1 Å². The molecule has 106 valence electrons. The third-order valence-corrected chi connectivity index (χ3v) is 3.88. The number of rotatable bonds is 8. The van der Waals surface area contributed by atoms with E-state index in [4.69, 9.17) is 5.73 Å². The number of nitrogens with one attached hydrogen (secondary N) is 2. The van der Waals surface area contributed by atoms with Crippen LogP contribution in [0.25, 0.3) is 0 Å². The smallest absolute Gasteiger partial charge is 0.240 e. The normalized spacial score (nSPS) is 11.2. The zero-order chi connectivity index (χ0) is 14.1. The van der Waals surface area contributed by atoms with E-state index in [2.05, 4.69) is 10.0 Å². The fourth-order valence-electron chi connectivity index (χ4n) is 1.40. The first-order valence-electron chi connectivity index (χ1n) is 6.08. The van der Waals surface area contributed by atoms with Crippen LogP contribution in [0.2, 0.25) is 0 Å². The zero-order valence-corrected chi connectivity index (χ0v) is 11.4. The summed E-state index contributed by atoms with van der Waals surface area (Å²) in [5.74, 6) is -0.191. The lowest BCUT2D eigenvalue weighted by molar-refractivity contribution is -0.120. The fourth-order valence-corrected chi connectivity index (χ4v) is 2.45. The summed E-state index contributed by atoms with van der Waals surface area (Å²) in [5.41, 5.74) is 5.29. The van der Waals surface area contributed by atoms with E-state index in [1.165, 1.54) is 12.1 Å². The van der Waals surface area contributed by atoms with Gasteiger partial charge >= 0.3 is 0 Å². The minimum Gasteiger partial charge on any atom is -0.356 e. The van der Waals surface area contributed by atoms with E-state index < -0.39 is 10.0 Å². The molecule has 19 heavy (non-hydrogen) atoms. The lowest BCUT2D eigenvalue weighted by Crippen LogP contribution is -2.31. The van der Waals surface area contributed by atoms with E-state index in [9.17, 15) is 13.2 Å². The van der Waals surface area contributed by atoms with Gasteiger partial charge in [0.15, 0.2) is 0 Å². The molecule has 6 nitrogen and oxygen atoms in total. The van der Waals surface area contributed by atoms with Crippen molar-refractivity contribution in [2.75, 3.05) is 19.6 Å². The van der Waals surface area contributed by atoms with E-state index in [1.54, 1.807) is 18.2 Å². The summed E-state index contributed by atoms with van der Waals surface area (Å²) >= 11 is 0. The molecular formula is C12H19N3O3S. The molecule has 7 heteroatoms. The Morgan fingerprint density at radius 2 is 1.84 bits per heavy atom. The molecule has 0 saturated carbocycles. The number of benzene rings is 1. The number of hydrogen-bond donors (Lipinski definition) is 3. The predicted octanol–water partition coefficient (Wildman–Crippen LogP) is -0.180. The minimum atomic E-state index is -3.53. The van der Waals surface area contributed by atoms with Crippen molar-refractivity contribution in [1.82, 2.24) is 10.0 Å². The summed E-state index contributed by atoms with van der Waals surface area (Å²) in [4.78, 5) is 11.5. The summed E-state index contributed by atoms with van der Waals surface area (Å²) in [7, 11) is -3.53. The average Bonchev–Trinajstić information content (AvgIpc) is 2.40. The Labute approximate surface area is 113 Å². The molecule has 0 radical (unpaired) electrons. The first-order valence-corrected chi connectivity index (χ1v) is 7.56. The van der Waals surface area contributed by atoms with E-state index in [0.29, 0.717) is 19.5 Å². The molecule has 0 heterocycles. The van der Waals surface area contributed by atoms with Gasteiger partial charge in [0.1, 0.15) is 0 Å². The van der Waals surface area contributed by atoms with Gasteiger partial charge in [-0.15, -0.1) is 0 Å². The van der Waals surface area contributed by atoms with Crippen molar-refractivity contribution in [3.05, 3.63) is 30.3 Å². The van der Waals surface area contributed by atoms with E-state index in [-0.39, 0.29) is 23.8 Å². The molecule has 0 aliphatic heterocycles. The topological polar surface area (TPSA) is 101 Å². The number of carbonyl (C=O) groups is 1. The van der Waals surface area contributed by atoms with Gasteiger partial charge in [0.05, 0.1) is 4.90 Å². The van der Waals surface area contributed by atoms with Crippen molar-refractivity contribution in [2.45, 2.75) is 17.7 Å². The molecular weight excluding hydrogens is 266 g/mol. The van der Waals surface area contributed by atoms with Crippen LogP contribution < -0.4 is 15.8 Å². The van der Waals surface area contributed by atoms with Crippen LogP contribution in [0.5, 0.6) is 0 Å². The summed E-state index contributed by atoms with van der Waals surface area (Å²) in [6.07, 6.45) is 0.818. The van der Waals surface area contributed by atoms with Gasteiger partial charge in [-0.05, 0) is 25.1 Å². The van der Waals surface area contributed by atoms with Crippen molar-refractivity contribution in [2.24, 2.45) is 5.73 Å². The Morgan fingerprint density at radius 1 is 1.16 bits per heavy atom. The molecule has 0 saturated heterocycles. The van der Waals surface area contributed by atoms with Gasteiger partial charge in [0.25, 0.3) is 0 Å². The Bertz CT molecular complexity index is 488. The molecule has 0 aliphatic rings. The number of hydrogen-bond acceptors (Lipinski definition) is 4. The first kappa shape index (κ1) is 15.6. The molecule has 1 rings (SSSR count). The third-order valence-electron chi connectivity index (χ3n) is 2.40. The minimum absolute atomic E-state index is 0.0751. The predicted molar refractivity (Wildman–Crippen MR) is 72.9 cm³/mol. The van der Waals surface area contributed by atoms with E-state index in [1.807, 2.05) is 0 Å². The highest BCUT2D eigenvalue weighted by molar-refractivity contribution is 7.89. The van der Waals surface area contributed by atoms with Crippen molar-refractivity contribution in [3.8, 4) is 0 Å². The summed E-state index contributed by atoms with van der Waals surface area (Å²) < 4.78 is 26.0. The summed E-state index contributed by atoms with van der Waals surface area (Å²) in [6.45, 7) is 1.10. The maximum Gasteiger partial charge on any atom is 0.240 e. The van der Waals surface area contributed by atoms with Crippen molar-refractivity contribution in [1.29, 1.82) is 0 Å². The molecule has 1 aromatic rings. The quantitative estimate of drug-likeness (QED) is 0.577. The zero-order valence-electron chi connectivity index (χ0n) is 10.6. The highest BCUT2D eigenvalue weighted by Crippen LogP contribution is 2.06. The lowest BCUT2D eigenvalue weighted by Gasteiger charge is -2.07. The molecule has 0 aromatic heterocycles. The van der Waals surface area contributed by atoms with Gasteiger partial charge in [-0.1, -0.05) is 18.2 Å². The van der Waals surface area contributed by atoms with Crippen molar-refractivity contribution < 1.29 is 13.2 Å². The molecule has 1 amide bonds. The monoisotopic (exact) mass is 285 g/mol. The number of nitrogens with two attached hydrogens (primary N) is 1. The van der Waals surface area contributed by atoms with Gasteiger partial charge in [-0.3, -0.25) is 4.79 Å². The van der Waals surface area contributed by atoms with Gasteiger partial charge in [0, 0.05) is 19.5 Å². The Balaban J connectivity index is 2.35. The van der Waals surface area contributed by atoms with Crippen LogP contribution in [-0.2, 0) is 14.8 Å². The van der Waals surface area contributed by atoms with Crippen LogP contribution >= 0.6 is 0 Å². The second-order valence-corrected chi connectivity index (χ2v) is 5.72. The summed E-state index contributed by atoms with van der Waals surface area (Å²) in [5, 5.41) is 2.66. The van der Waals surface area contributed by atoms with Gasteiger partial charge in [-0.2, -0.15) is 0 Å². The van der Waals surface area contributed by atoms with Crippen LogP contribution in [0.3, 0.4) is 0 Å². The van der Waals surface area contributed by atoms with Gasteiger partial charge in [0.2, 0.25) is 15.9 Å². The lowest BCUT2D eigenvalue weighted by atomic mass is 10.4. The number of amides is 1. The Hall–Kier alpha value is -1.44. The maximum atomic E-state index is 11.8. The van der Waals surface area contributed by atoms with Crippen LogP contribution in [0.4, 0.5) is 0 Å². The molecule has 0 aliphatic carbocycles. The Kier molecular flexibility index (Phi) is 6.48. The summed E-state index contributed by atoms with van der Waals surface area (Å²) in [6, 6.07) is 8.04. The van der Waals surface area contributed by atoms with Crippen LogP contribution in [0.15, 0.2) is 35.2 Å². The SMILES string of the molecule is NCCCNC(=O)CCNS(=O)(=O)c1ccccc1. The molecule has 0 bridgehead atoms. The first-order chi connectivity index (χ1) is 9.06. The number of carbonyl (C=O) groups excluding carboxylic acids is 1. The maximum absolute atomic E-state index is 11.8. The third kappa shape index (κ3) is 5.82. The molecule has 4 N–H and O–H groups in total. The largest absolute Gasteiger partial charge is 0.356 e. The molecule has 0 unspecified atom stereocenters. The second-order valence-electron chi connectivity index (χ2n) is 3.95. The van der Waals surface area contributed by atoms with E-state index in [0.717, 1.165) is 0 Å². The fraction of sp³-hybridized carbons (Fsp3) is 0.417. The van der Waals surface area contributed by atoms with E-state index >= 15 is 0 Å². The average molecular weight is 285 g/mol. The molecule has 0 fully saturated rings. The van der Waals surface area contributed by atoms with Crippen molar-refractivity contribution in [3.63, 3.8) is 0 Å². The highest BCUT2D eigenvalue weighted by atomic mass is 32.2. The second kappa shape index (κ2) is 7.88. The standard InChI is InChI=1S/C12H19N3O3S/c13-8-4-9-14-12(16)7-10-15-19(17,18)11-5-2-1-3-6-11/h1-3,5-6,15H,4,7-10,13H2,(H,14,16). The molecule has 0 atom stereocenters. The Morgan fingerprint density at radius 3 is 2.47 bits per heavy atom. The van der Waals surface area contributed by atoms with Crippen LogP contribution in [0, 0.1) is 0 Å². The van der Waals surface area contributed by atoms with Crippen molar-refractivity contribution >= 4 is 15.9 Å². The highest BCUT2D eigenvalue weighted by Gasteiger charge is 2.12. The molecule has 1 aromatic carbocycles. The van der Waals surface area contributed by atoms with Crippen LogP contribution in [0.1, 0.15) is 12.8 Å². The van der Waals surface area contributed by atoms with Gasteiger partial charge < -0.3 is 11.1 Å². The number of sulfonamides is 1.